The molecule has 2 nitrogen and oxygen atoms in total. The van der Waals surface area contributed by atoms with Gasteiger partial charge >= 0.3 is 0 Å². The first-order valence-electron chi connectivity index (χ1n) is 5.64. The molecule has 3 heteroatoms. The molecule has 1 fully saturated rings. The van der Waals surface area contributed by atoms with Crippen molar-refractivity contribution >= 4 is 21.8 Å². The largest absolute Gasteiger partial charge is 0.356 e. The molecule has 0 aromatic heterocycles. The first kappa shape index (κ1) is 12.0. The van der Waals surface area contributed by atoms with E-state index < -0.39 is 0 Å². The van der Waals surface area contributed by atoms with E-state index >= 15 is 0 Å². The monoisotopic (exact) mass is 261 g/mol. The number of carbonyl (C=O) groups excluding carboxylic acids is 1. The van der Waals surface area contributed by atoms with Gasteiger partial charge in [0, 0.05) is 17.8 Å². The van der Waals surface area contributed by atoms with E-state index in [1.165, 1.54) is 25.7 Å². The van der Waals surface area contributed by atoms with Crippen LogP contribution in [-0.2, 0) is 4.79 Å². The summed E-state index contributed by atoms with van der Waals surface area (Å²) in [5, 5.41) is 3.01. The van der Waals surface area contributed by atoms with Crippen molar-refractivity contribution in [3.05, 3.63) is 0 Å². The van der Waals surface area contributed by atoms with Crippen LogP contribution in [0.2, 0.25) is 0 Å². The molecule has 0 spiro atoms. The molecule has 1 saturated carbocycles. The minimum Gasteiger partial charge on any atom is -0.356 e. The molecule has 0 radical (unpaired) electrons. The molecule has 0 saturated heterocycles. The summed E-state index contributed by atoms with van der Waals surface area (Å²) in [5.41, 5.74) is 0. The second-order valence-electron chi connectivity index (χ2n) is 4.11. The van der Waals surface area contributed by atoms with Crippen LogP contribution in [0.1, 0.15) is 45.4 Å². The first-order valence-corrected chi connectivity index (χ1v) is 6.56. The summed E-state index contributed by atoms with van der Waals surface area (Å²) in [5.74, 6) is 0.849. The molecule has 1 rings (SSSR count). The fourth-order valence-electron chi connectivity index (χ4n) is 1.95. The van der Waals surface area contributed by atoms with Gasteiger partial charge in [0.2, 0.25) is 5.91 Å². The molecule has 14 heavy (non-hydrogen) atoms. The van der Waals surface area contributed by atoms with E-state index in [4.69, 9.17) is 0 Å². The highest BCUT2D eigenvalue weighted by Gasteiger charge is 2.22. The van der Waals surface area contributed by atoms with Crippen LogP contribution < -0.4 is 5.32 Å². The third-order valence-corrected chi connectivity index (χ3v) is 4.06. The summed E-state index contributed by atoms with van der Waals surface area (Å²) < 4.78 is 0. The Morgan fingerprint density at radius 1 is 1.43 bits per heavy atom. The van der Waals surface area contributed by atoms with Gasteiger partial charge in [-0.1, -0.05) is 35.7 Å². The summed E-state index contributed by atoms with van der Waals surface area (Å²) in [6.45, 7) is 2.89. The molecular weight excluding hydrogens is 242 g/mol. The quantitative estimate of drug-likeness (QED) is 0.775. The SMILES string of the molecule is CCCC(=O)NCC1CCCCC1Br. The third kappa shape index (κ3) is 3.99. The standard InChI is InChI=1S/C11H20BrNO/c1-2-5-11(14)13-8-9-6-3-4-7-10(9)12/h9-10H,2-8H2,1H3,(H,13,14). The summed E-state index contributed by atoms with van der Waals surface area (Å²) in [6.07, 6.45) is 6.76. The topological polar surface area (TPSA) is 29.1 Å². The Kier molecular flexibility index (Phi) is 5.53. The van der Waals surface area contributed by atoms with Crippen LogP contribution >= 0.6 is 15.9 Å². The second kappa shape index (κ2) is 6.44. The Hall–Kier alpha value is -0.0500. The van der Waals surface area contributed by atoms with E-state index in [0.717, 1.165) is 13.0 Å². The molecule has 2 unspecified atom stereocenters. The van der Waals surface area contributed by atoms with Crippen LogP contribution in [0, 0.1) is 5.92 Å². The van der Waals surface area contributed by atoms with Gasteiger partial charge in [0.1, 0.15) is 0 Å². The van der Waals surface area contributed by atoms with E-state index in [2.05, 4.69) is 21.2 Å². The van der Waals surface area contributed by atoms with Gasteiger partial charge in [0.05, 0.1) is 0 Å². The Balaban J connectivity index is 2.19. The number of carbonyl (C=O) groups is 1. The molecule has 2 atom stereocenters. The van der Waals surface area contributed by atoms with Crippen molar-refractivity contribution in [1.82, 2.24) is 5.32 Å². The lowest BCUT2D eigenvalue weighted by molar-refractivity contribution is -0.121. The van der Waals surface area contributed by atoms with Crippen LogP contribution in [0.3, 0.4) is 0 Å². The van der Waals surface area contributed by atoms with E-state index in [1.807, 2.05) is 6.92 Å². The lowest BCUT2D eigenvalue weighted by Gasteiger charge is -2.27. The molecule has 0 aromatic carbocycles. The van der Waals surface area contributed by atoms with Gasteiger partial charge in [-0.05, 0) is 25.2 Å². The second-order valence-corrected chi connectivity index (χ2v) is 5.29. The molecule has 0 bridgehead atoms. The van der Waals surface area contributed by atoms with Crippen LogP contribution in [0.25, 0.3) is 0 Å². The zero-order valence-electron chi connectivity index (χ0n) is 8.89. The van der Waals surface area contributed by atoms with Crippen molar-refractivity contribution in [3.8, 4) is 0 Å². The fraction of sp³-hybridized carbons (Fsp3) is 0.909. The molecule has 0 heterocycles. The van der Waals surface area contributed by atoms with Gasteiger partial charge in [0.25, 0.3) is 0 Å². The van der Waals surface area contributed by atoms with Gasteiger partial charge < -0.3 is 5.32 Å². The minimum absolute atomic E-state index is 0.206. The van der Waals surface area contributed by atoms with Gasteiger partial charge in [0.15, 0.2) is 0 Å². The van der Waals surface area contributed by atoms with E-state index in [9.17, 15) is 4.79 Å². The van der Waals surface area contributed by atoms with Gasteiger partial charge in [-0.25, -0.2) is 0 Å². The van der Waals surface area contributed by atoms with Crippen LogP contribution in [0.5, 0.6) is 0 Å². The summed E-state index contributed by atoms with van der Waals surface area (Å²) in [7, 11) is 0. The van der Waals surface area contributed by atoms with Crippen molar-refractivity contribution in [2.75, 3.05) is 6.54 Å². The maximum absolute atomic E-state index is 11.3. The first-order chi connectivity index (χ1) is 6.74. The number of halogens is 1. The summed E-state index contributed by atoms with van der Waals surface area (Å²) >= 11 is 3.69. The highest BCUT2D eigenvalue weighted by molar-refractivity contribution is 9.09. The third-order valence-electron chi connectivity index (χ3n) is 2.85. The van der Waals surface area contributed by atoms with E-state index in [1.54, 1.807) is 0 Å². The van der Waals surface area contributed by atoms with Crippen molar-refractivity contribution in [2.24, 2.45) is 5.92 Å². The van der Waals surface area contributed by atoms with Gasteiger partial charge in [-0.3, -0.25) is 4.79 Å². The number of hydrogen-bond acceptors (Lipinski definition) is 1. The minimum atomic E-state index is 0.206. The van der Waals surface area contributed by atoms with Crippen molar-refractivity contribution < 1.29 is 4.79 Å². The molecule has 1 aliphatic rings. The average molecular weight is 262 g/mol. The Morgan fingerprint density at radius 3 is 2.79 bits per heavy atom. The van der Waals surface area contributed by atoms with E-state index in [0.29, 0.717) is 17.2 Å². The smallest absolute Gasteiger partial charge is 0.219 e. The molecular formula is C11H20BrNO. The van der Waals surface area contributed by atoms with Crippen LogP contribution in [-0.4, -0.2) is 17.3 Å². The number of rotatable bonds is 4. The highest BCUT2D eigenvalue weighted by atomic mass is 79.9. The summed E-state index contributed by atoms with van der Waals surface area (Å²) in [6, 6.07) is 0. The Labute approximate surface area is 95.0 Å². The van der Waals surface area contributed by atoms with E-state index in [-0.39, 0.29) is 5.91 Å². The predicted octanol–water partition coefficient (Wildman–Crippen LogP) is 2.86. The summed E-state index contributed by atoms with van der Waals surface area (Å²) in [4.78, 5) is 11.9. The zero-order chi connectivity index (χ0) is 10.4. The maximum Gasteiger partial charge on any atom is 0.219 e. The maximum atomic E-state index is 11.3. The molecule has 1 amide bonds. The van der Waals surface area contributed by atoms with Crippen molar-refractivity contribution in [3.63, 3.8) is 0 Å². The number of amides is 1. The van der Waals surface area contributed by atoms with Crippen LogP contribution in [0.4, 0.5) is 0 Å². The molecule has 0 aromatic rings. The Bertz CT molecular complexity index is 184. The lowest BCUT2D eigenvalue weighted by atomic mass is 9.89. The van der Waals surface area contributed by atoms with Crippen molar-refractivity contribution in [1.29, 1.82) is 0 Å². The predicted molar refractivity (Wildman–Crippen MR) is 62.6 cm³/mol. The molecule has 82 valence electrons. The van der Waals surface area contributed by atoms with Gasteiger partial charge in [-0.15, -0.1) is 0 Å². The Morgan fingerprint density at radius 2 is 2.14 bits per heavy atom. The van der Waals surface area contributed by atoms with Crippen LogP contribution in [0.15, 0.2) is 0 Å². The number of alkyl halides is 1. The number of hydrogen-bond donors (Lipinski definition) is 1. The average Bonchev–Trinajstić information content (AvgIpc) is 2.17. The molecule has 0 aliphatic heterocycles. The van der Waals surface area contributed by atoms with Gasteiger partial charge in [-0.2, -0.15) is 0 Å². The fourth-order valence-corrected chi connectivity index (χ4v) is 2.73. The normalized spacial score (nSPS) is 27.3. The lowest BCUT2D eigenvalue weighted by Crippen LogP contribution is -2.34. The molecule has 1 aliphatic carbocycles. The zero-order valence-corrected chi connectivity index (χ0v) is 10.5. The number of nitrogens with one attached hydrogen (secondary N) is 1. The van der Waals surface area contributed by atoms with Crippen molar-refractivity contribution in [2.45, 2.75) is 50.3 Å². The molecule has 1 N–H and O–H groups in total. The highest BCUT2D eigenvalue weighted by Crippen LogP contribution is 2.29.